The predicted octanol–water partition coefficient (Wildman–Crippen LogP) is 3.60. The zero-order valence-electron chi connectivity index (χ0n) is 13.6. The Bertz CT molecular complexity index is 770. The van der Waals surface area contributed by atoms with E-state index in [1.807, 2.05) is 30.3 Å². The summed E-state index contributed by atoms with van der Waals surface area (Å²) in [6.07, 6.45) is 5.14. The quantitative estimate of drug-likeness (QED) is 0.924. The smallest absolute Gasteiger partial charge is 0.321 e. The number of aromatic nitrogens is 3. The Hall–Kier alpha value is -2.08. The van der Waals surface area contributed by atoms with Gasteiger partial charge in [0.15, 0.2) is 0 Å². The number of urea groups is 1. The minimum Gasteiger partial charge on any atom is -0.322 e. The molecule has 2 heterocycles. The number of aryl methyl sites for hydroxylation is 1. The number of benzene rings is 1. The molecule has 1 aromatic carbocycles. The molecule has 1 saturated heterocycles. The van der Waals surface area contributed by atoms with Gasteiger partial charge in [0, 0.05) is 29.7 Å². The Balaban J connectivity index is 1.42. The van der Waals surface area contributed by atoms with Crippen LogP contribution in [-0.2, 0) is 0 Å². The Labute approximate surface area is 145 Å². The topological polar surface area (TPSA) is 63.1 Å². The number of nitrogens with one attached hydrogen (secondary N) is 1. The van der Waals surface area contributed by atoms with Crippen LogP contribution in [0.5, 0.6) is 0 Å². The Kier molecular flexibility index (Phi) is 3.92. The highest BCUT2D eigenvalue weighted by Crippen LogP contribution is 2.40. The van der Waals surface area contributed by atoms with Gasteiger partial charge in [0.2, 0.25) is 0 Å². The lowest BCUT2D eigenvalue weighted by Crippen LogP contribution is -2.33. The molecule has 6 nitrogen and oxygen atoms in total. The third-order valence-electron chi connectivity index (χ3n) is 4.82. The van der Waals surface area contributed by atoms with Crippen molar-refractivity contribution in [2.75, 3.05) is 18.4 Å². The van der Waals surface area contributed by atoms with E-state index < -0.39 is 0 Å². The second-order valence-corrected chi connectivity index (χ2v) is 7.09. The monoisotopic (exact) mass is 345 g/mol. The number of likely N-dealkylation sites (tertiary alicyclic amines) is 1. The van der Waals surface area contributed by atoms with Crippen LogP contribution in [-0.4, -0.2) is 38.8 Å². The van der Waals surface area contributed by atoms with Crippen LogP contribution in [0, 0.1) is 6.92 Å². The summed E-state index contributed by atoms with van der Waals surface area (Å²) in [4.78, 5) is 14.4. The number of anilines is 1. The summed E-state index contributed by atoms with van der Waals surface area (Å²) in [5, 5.41) is 12.0. The lowest BCUT2D eigenvalue weighted by molar-refractivity contribution is 0.220. The van der Waals surface area contributed by atoms with Gasteiger partial charge in [-0.2, -0.15) is 0 Å². The van der Waals surface area contributed by atoms with Crippen molar-refractivity contribution in [1.82, 2.24) is 19.7 Å². The molecule has 0 bridgehead atoms. The number of nitrogens with zero attached hydrogens (tertiary/aromatic N) is 4. The maximum Gasteiger partial charge on any atom is 0.321 e. The van der Waals surface area contributed by atoms with Crippen molar-refractivity contribution in [3.05, 3.63) is 40.9 Å². The normalized spacial score (nSPS) is 20.4. The first-order chi connectivity index (χ1) is 11.6. The van der Waals surface area contributed by atoms with Crippen LogP contribution >= 0.6 is 11.6 Å². The average molecular weight is 346 g/mol. The maximum absolute atomic E-state index is 12.5. The zero-order chi connectivity index (χ0) is 16.7. The SMILES string of the molecule is Cc1cc(Cl)ccc1NC(=O)N1CCC(n2cnnc2C2CC2)C1. The zero-order valence-corrected chi connectivity index (χ0v) is 14.3. The Morgan fingerprint density at radius 3 is 2.92 bits per heavy atom. The standard InChI is InChI=1S/C17H20ClN5O/c1-11-8-13(18)4-5-15(11)20-17(24)22-7-6-14(9-22)23-10-19-21-16(23)12-2-3-12/h4-5,8,10,12,14H,2-3,6-7,9H2,1H3,(H,20,24). The summed E-state index contributed by atoms with van der Waals surface area (Å²) in [5.74, 6) is 1.64. The molecule has 2 amide bonds. The predicted molar refractivity (Wildman–Crippen MR) is 92.4 cm³/mol. The second kappa shape index (κ2) is 6.09. The molecule has 2 fully saturated rings. The van der Waals surface area contributed by atoms with E-state index in [0.717, 1.165) is 30.0 Å². The molecule has 7 heteroatoms. The van der Waals surface area contributed by atoms with E-state index in [0.29, 0.717) is 17.5 Å². The molecule has 1 saturated carbocycles. The molecule has 126 valence electrons. The van der Waals surface area contributed by atoms with Gasteiger partial charge in [-0.15, -0.1) is 10.2 Å². The van der Waals surface area contributed by atoms with Crippen LogP contribution < -0.4 is 5.32 Å². The summed E-state index contributed by atoms with van der Waals surface area (Å²) in [6.45, 7) is 3.37. The first-order valence-electron chi connectivity index (χ1n) is 8.33. The molecule has 1 N–H and O–H groups in total. The molecule has 4 rings (SSSR count). The fourth-order valence-corrected chi connectivity index (χ4v) is 3.51. The van der Waals surface area contributed by atoms with Gasteiger partial charge in [-0.05, 0) is 49.9 Å². The summed E-state index contributed by atoms with van der Waals surface area (Å²) in [5.41, 5.74) is 1.76. The molecule has 1 atom stereocenters. The summed E-state index contributed by atoms with van der Waals surface area (Å²) < 4.78 is 2.17. The number of carbonyl (C=O) groups is 1. The van der Waals surface area contributed by atoms with E-state index in [4.69, 9.17) is 11.6 Å². The molecule has 1 aromatic heterocycles. The number of carbonyl (C=O) groups excluding carboxylic acids is 1. The molecule has 1 unspecified atom stereocenters. The molecule has 24 heavy (non-hydrogen) atoms. The van der Waals surface area contributed by atoms with Gasteiger partial charge in [0.05, 0.1) is 6.04 Å². The summed E-state index contributed by atoms with van der Waals surface area (Å²) in [7, 11) is 0. The van der Waals surface area contributed by atoms with Gasteiger partial charge in [0.25, 0.3) is 0 Å². The number of rotatable bonds is 3. The largest absolute Gasteiger partial charge is 0.322 e. The highest BCUT2D eigenvalue weighted by atomic mass is 35.5. The van der Waals surface area contributed by atoms with E-state index >= 15 is 0 Å². The minimum atomic E-state index is -0.0658. The van der Waals surface area contributed by atoms with E-state index in [2.05, 4.69) is 20.1 Å². The van der Waals surface area contributed by atoms with Gasteiger partial charge in [0.1, 0.15) is 12.2 Å². The van der Waals surface area contributed by atoms with Gasteiger partial charge in [-0.3, -0.25) is 0 Å². The highest BCUT2D eigenvalue weighted by Gasteiger charge is 2.34. The summed E-state index contributed by atoms with van der Waals surface area (Å²) in [6, 6.07) is 5.68. The van der Waals surface area contributed by atoms with E-state index in [1.165, 1.54) is 12.8 Å². The highest BCUT2D eigenvalue weighted by molar-refractivity contribution is 6.30. The minimum absolute atomic E-state index is 0.0658. The number of amides is 2. The van der Waals surface area contributed by atoms with Crippen LogP contribution in [0.1, 0.15) is 42.6 Å². The first-order valence-corrected chi connectivity index (χ1v) is 8.71. The third-order valence-corrected chi connectivity index (χ3v) is 5.05. The number of hydrogen-bond acceptors (Lipinski definition) is 3. The van der Waals surface area contributed by atoms with Crippen molar-refractivity contribution in [3.63, 3.8) is 0 Å². The lowest BCUT2D eigenvalue weighted by atomic mass is 10.2. The van der Waals surface area contributed by atoms with Crippen molar-refractivity contribution >= 4 is 23.3 Å². The molecule has 2 aromatic rings. The Morgan fingerprint density at radius 1 is 1.33 bits per heavy atom. The molecule has 0 spiro atoms. The van der Waals surface area contributed by atoms with Crippen molar-refractivity contribution < 1.29 is 4.79 Å². The van der Waals surface area contributed by atoms with E-state index in [9.17, 15) is 4.79 Å². The number of hydrogen-bond donors (Lipinski definition) is 1. The van der Waals surface area contributed by atoms with Gasteiger partial charge >= 0.3 is 6.03 Å². The van der Waals surface area contributed by atoms with Gasteiger partial charge in [-0.25, -0.2) is 4.79 Å². The molecule has 2 aliphatic rings. The molecular formula is C17H20ClN5O. The van der Waals surface area contributed by atoms with Crippen LogP contribution in [0.15, 0.2) is 24.5 Å². The van der Waals surface area contributed by atoms with Crippen molar-refractivity contribution in [3.8, 4) is 0 Å². The first kappa shape index (κ1) is 15.4. The van der Waals surface area contributed by atoms with Crippen molar-refractivity contribution in [1.29, 1.82) is 0 Å². The molecule has 1 aliphatic carbocycles. The summed E-state index contributed by atoms with van der Waals surface area (Å²) >= 11 is 5.96. The van der Waals surface area contributed by atoms with Gasteiger partial charge in [-0.1, -0.05) is 11.6 Å². The lowest BCUT2D eigenvalue weighted by Gasteiger charge is -2.19. The van der Waals surface area contributed by atoms with Crippen molar-refractivity contribution in [2.24, 2.45) is 0 Å². The van der Waals surface area contributed by atoms with Crippen LogP contribution in [0.25, 0.3) is 0 Å². The van der Waals surface area contributed by atoms with Crippen LogP contribution in [0.3, 0.4) is 0 Å². The number of halogens is 1. The second-order valence-electron chi connectivity index (χ2n) is 6.65. The maximum atomic E-state index is 12.5. The average Bonchev–Trinajstić information content (AvgIpc) is 3.09. The Morgan fingerprint density at radius 2 is 2.17 bits per heavy atom. The van der Waals surface area contributed by atoms with E-state index in [-0.39, 0.29) is 12.1 Å². The molecule has 1 aliphatic heterocycles. The van der Waals surface area contributed by atoms with Crippen LogP contribution in [0.2, 0.25) is 5.02 Å². The van der Waals surface area contributed by atoms with Crippen LogP contribution in [0.4, 0.5) is 10.5 Å². The van der Waals surface area contributed by atoms with Crippen molar-refractivity contribution in [2.45, 2.75) is 38.1 Å². The fourth-order valence-electron chi connectivity index (χ4n) is 3.28. The molecular weight excluding hydrogens is 326 g/mol. The fraction of sp³-hybridized carbons (Fsp3) is 0.471. The van der Waals surface area contributed by atoms with E-state index in [1.54, 1.807) is 6.07 Å². The third kappa shape index (κ3) is 2.98. The molecule has 0 radical (unpaired) electrons. The van der Waals surface area contributed by atoms with Gasteiger partial charge < -0.3 is 14.8 Å².